The molecule has 0 radical (unpaired) electrons. The molecule has 0 saturated heterocycles. The first-order chi connectivity index (χ1) is 9.77. The molecule has 4 nitrogen and oxygen atoms in total. The van der Waals surface area contributed by atoms with Crippen LogP contribution in [0.15, 0.2) is 17.0 Å². The largest absolute Gasteiger partial charge is 0.326 e. The summed E-state index contributed by atoms with van der Waals surface area (Å²) in [6.45, 7) is 4.09. The van der Waals surface area contributed by atoms with Crippen LogP contribution in [0, 0.1) is 11.7 Å². The van der Waals surface area contributed by atoms with E-state index in [0.29, 0.717) is 18.0 Å². The average Bonchev–Trinajstić information content (AvgIpc) is 3.22. The number of nitrogens with zero attached hydrogens (tertiary/aromatic N) is 1. The predicted molar refractivity (Wildman–Crippen MR) is 81.1 cm³/mol. The fourth-order valence-electron chi connectivity index (χ4n) is 2.19. The first-order valence-corrected chi connectivity index (χ1v) is 8.79. The van der Waals surface area contributed by atoms with Crippen LogP contribution in [0.1, 0.15) is 32.3 Å². The van der Waals surface area contributed by atoms with Crippen molar-refractivity contribution in [2.45, 2.75) is 44.2 Å². The lowest BCUT2D eigenvalue weighted by Crippen LogP contribution is -2.38. The van der Waals surface area contributed by atoms with Crippen molar-refractivity contribution >= 4 is 21.6 Å². The van der Waals surface area contributed by atoms with Gasteiger partial charge in [0.25, 0.3) is 0 Å². The van der Waals surface area contributed by atoms with E-state index in [1.807, 2.05) is 13.8 Å². The second-order valence-electron chi connectivity index (χ2n) is 5.69. The zero-order valence-electron chi connectivity index (χ0n) is 12.1. The number of benzene rings is 1. The van der Waals surface area contributed by atoms with E-state index in [4.69, 9.17) is 17.3 Å². The van der Waals surface area contributed by atoms with Gasteiger partial charge in [-0.05, 0) is 50.3 Å². The standard InChI is InChI=1S/C14H20ClFN2O2S/c1-9(2)18(8-10-3-4-10)21(19,20)12-5-11(7-17)14(15)13(16)6-12/h5-6,9-10H,3-4,7-8,17H2,1-2H3. The predicted octanol–water partition coefficient (Wildman–Crippen LogP) is 2.75. The Morgan fingerprint density at radius 3 is 2.52 bits per heavy atom. The van der Waals surface area contributed by atoms with Crippen molar-refractivity contribution in [3.05, 3.63) is 28.5 Å². The first kappa shape index (κ1) is 16.7. The van der Waals surface area contributed by atoms with Crippen molar-refractivity contribution in [3.63, 3.8) is 0 Å². The van der Waals surface area contributed by atoms with Crippen molar-refractivity contribution in [2.75, 3.05) is 6.54 Å². The van der Waals surface area contributed by atoms with Crippen molar-refractivity contribution in [1.29, 1.82) is 0 Å². The molecule has 0 aliphatic heterocycles. The third kappa shape index (κ3) is 3.56. The van der Waals surface area contributed by atoms with Crippen LogP contribution in [0.3, 0.4) is 0 Å². The Bertz CT molecular complexity index is 630. The minimum Gasteiger partial charge on any atom is -0.326 e. The molecule has 118 valence electrons. The quantitative estimate of drug-likeness (QED) is 0.870. The Hall–Kier alpha value is -0.690. The number of hydrogen-bond acceptors (Lipinski definition) is 3. The van der Waals surface area contributed by atoms with E-state index < -0.39 is 15.8 Å². The maximum Gasteiger partial charge on any atom is 0.243 e. The van der Waals surface area contributed by atoms with Crippen molar-refractivity contribution in [1.82, 2.24) is 4.31 Å². The topological polar surface area (TPSA) is 63.4 Å². The molecule has 1 aliphatic carbocycles. The highest BCUT2D eigenvalue weighted by atomic mass is 35.5. The van der Waals surface area contributed by atoms with Crippen LogP contribution >= 0.6 is 11.6 Å². The number of hydrogen-bond donors (Lipinski definition) is 1. The lowest BCUT2D eigenvalue weighted by molar-refractivity contribution is 0.341. The Labute approximate surface area is 130 Å². The molecule has 0 bridgehead atoms. The number of rotatable bonds is 6. The van der Waals surface area contributed by atoms with Crippen LogP contribution < -0.4 is 5.73 Å². The molecule has 1 saturated carbocycles. The average molecular weight is 335 g/mol. The van der Waals surface area contributed by atoms with Gasteiger partial charge in [0, 0.05) is 19.1 Å². The molecule has 1 aliphatic rings. The summed E-state index contributed by atoms with van der Waals surface area (Å²) in [5.74, 6) is -0.346. The maximum absolute atomic E-state index is 13.8. The summed E-state index contributed by atoms with van der Waals surface area (Å²) in [6, 6.07) is 2.15. The van der Waals surface area contributed by atoms with E-state index in [1.54, 1.807) is 0 Å². The van der Waals surface area contributed by atoms with Crippen molar-refractivity contribution < 1.29 is 12.8 Å². The van der Waals surface area contributed by atoms with E-state index in [1.165, 1.54) is 10.4 Å². The zero-order chi connectivity index (χ0) is 15.8. The molecule has 0 aromatic heterocycles. The van der Waals surface area contributed by atoms with Gasteiger partial charge in [-0.3, -0.25) is 0 Å². The third-order valence-corrected chi connectivity index (χ3v) is 6.06. The van der Waals surface area contributed by atoms with Crippen LogP contribution in [-0.4, -0.2) is 25.3 Å². The smallest absolute Gasteiger partial charge is 0.243 e. The van der Waals surface area contributed by atoms with Crippen LogP contribution in [0.25, 0.3) is 0 Å². The van der Waals surface area contributed by atoms with Gasteiger partial charge in [-0.2, -0.15) is 4.31 Å². The van der Waals surface area contributed by atoms with E-state index in [9.17, 15) is 12.8 Å². The molecule has 1 fully saturated rings. The lowest BCUT2D eigenvalue weighted by atomic mass is 10.2. The molecular formula is C14H20ClFN2O2S. The van der Waals surface area contributed by atoms with Gasteiger partial charge in [0.05, 0.1) is 9.92 Å². The van der Waals surface area contributed by atoms with Gasteiger partial charge in [-0.25, -0.2) is 12.8 Å². The molecule has 0 heterocycles. The Kier molecular flexibility index (Phi) is 4.92. The summed E-state index contributed by atoms with van der Waals surface area (Å²) in [4.78, 5) is -0.0841. The monoisotopic (exact) mass is 334 g/mol. The van der Waals surface area contributed by atoms with Crippen LogP contribution in [0.4, 0.5) is 4.39 Å². The number of sulfonamides is 1. The summed E-state index contributed by atoms with van der Waals surface area (Å²) in [5, 5.41) is -0.116. The molecule has 2 N–H and O–H groups in total. The molecule has 0 amide bonds. The number of halogens is 2. The highest BCUT2D eigenvalue weighted by molar-refractivity contribution is 7.89. The molecule has 0 unspecified atom stereocenters. The molecule has 21 heavy (non-hydrogen) atoms. The molecular weight excluding hydrogens is 315 g/mol. The third-order valence-electron chi connectivity index (χ3n) is 3.61. The Morgan fingerprint density at radius 2 is 2.05 bits per heavy atom. The SMILES string of the molecule is CC(C)N(CC1CC1)S(=O)(=O)c1cc(F)c(Cl)c(CN)c1. The second-order valence-corrected chi connectivity index (χ2v) is 7.96. The fraction of sp³-hybridized carbons (Fsp3) is 0.571. The summed E-state index contributed by atoms with van der Waals surface area (Å²) in [6.07, 6.45) is 2.09. The summed E-state index contributed by atoms with van der Waals surface area (Å²) in [7, 11) is -3.75. The van der Waals surface area contributed by atoms with E-state index in [0.717, 1.165) is 18.9 Å². The Balaban J connectivity index is 2.43. The second kappa shape index (κ2) is 6.20. The van der Waals surface area contributed by atoms with Gasteiger partial charge in [-0.1, -0.05) is 11.6 Å². The summed E-state index contributed by atoms with van der Waals surface area (Å²) < 4.78 is 40.7. The molecule has 2 rings (SSSR count). The van der Waals surface area contributed by atoms with E-state index >= 15 is 0 Å². The molecule has 1 aromatic carbocycles. The molecule has 1 aromatic rings. The summed E-state index contributed by atoms with van der Waals surface area (Å²) >= 11 is 5.79. The van der Waals surface area contributed by atoms with Gasteiger partial charge in [0.1, 0.15) is 5.82 Å². The molecule has 0 spiro atoms. The summed E-state index contributed by atoms with van der Waals surface area (Å²) in [5.41, 5.74) is 5.80. The van der Waals surface area contributed by atoms with Gasteiger partial charge < -0.3 is 5.73 Å². The first-order valence-electron chi connectivity index (χ1n) is 6.97. The van der Waals surface area contributed by atoms with Gasteiger partial charge in [0.15, 0.2) is 0 Å². The maximum atomic E-state index is 13.8. The zero-order valence-corrected chi connectivity index (χ0v) is 13.7. The fourth-order valence-corrected chi connectivity index (χ4v) is 4.16. The molecule has 0 atom stereocenters. The Morgan fingerprint density at radius 1 is 1.43 bits per heavy atom. The molecule has 7 heteroatoms. The van der Waals surface area contributed by atoms with Gasteiger partial charge in [0.2, 0.25) is 10.0 Å². The number of nitrogens with two attached hydrogens (primary N) is 1. The van der Waals surface area contributed by atoms with Crippen LogP contribution in [0.2, 0.25) is 5.02 Å². The normalized spacial score (nSPS) is 16.0. The lowest BCUT2D eigenvalue weighted by Gasteiger charge is -2.26. The van der Waals surface area contributed by atoms with E-state index in [2.05, 4.69) is 0 Å². The van der Waals surface area contributed by atoms with E-state index in [-0.39, 0.29) is 22.5 Å². The van der Waals surface area contributed by atoms with Gasteiger partial charge >= 0.3 is 0 Å². The van der Waals surface area contributed by atoms with Crippen molar-refractivity contribution in [3.8, 4) is 0 Å². The highest BCUT2D eigenvalue weighted by Crippen LogP contribution is 2.33. The van der Waals surface area contributed by atoms with Gasteiger partial charge in [-0.15, -0.1) is 0 Å². The van der Waals surface area contributed by atoms with Crippen molar-refractivity contribution in [2.24, 2.45) is 11.7 Å². The minimum absolute atomic E-state index is 0.0105. The highest BCUT2D eigenvalue weighted by Gasteiger charge is 2.34. The van der Waals surface area contributed by atoms with Crippen LogP contribution in [0.5, 0.6) is 0 Å². The minimum atomic E-state index is -3.75. The van der Waals surface area contributed by atoms with Crippen LogP contribution in [-0.2, 0) is 16.6 Å².